The van der Waals surface area contributed by atoms with E-state index in [1.807, 2.05) is 34.6 Å². The molecule has 0 saturated carbocycles. The van der Waals surface area contributed by atoms with Gasteiger partial charge in [0.2, 0.25) is 0 Å². The SMILES string of the molecule is CCC(C)(C#N)C(O)C(C)(C)C. The Morgan fingerprint density at radius 3 is 1.83 bits per heavy atom. The first-order valence-corrected chi connectivity index (χ1v) is 4.37. The summed E-state index contributed by atoms with van der Waals surface area (Å²) in [4.78, 5) is 0. The molecule has 0 saturated heterocycles. The maximum absolute atomic E-state index is 9.88. The monoisotopic (exact) mass is 169 g/mol. The molecule has 0 spiro atoms. The standard InChI is InChI=1S/C10H19NO/c1-6-10(5,7-11)8(12)9(2,3)4/h8,12H,6H2,1-5H3. The Labute approximate surface area is 75.2 Å². The molecule has 0 aliphatic heterocycles. The van der Waals surface area contributed by atoms with Crippen LogP contribution in [0.2, 0.25) is 0 Å². The highest BCUT2D eigenvalue weighted by atomic mass is 16.3. The molecule has 1 N–H and O–H groups in total. The summed E-state index contributed by atoms with van der Waals surface area (Å²) >= 11 is 0. The molecule has 2 unspecified atom stereocenters. The molecular weight excluding hydrogens is 150 g/mol. The fourth-order valence-electron chi connectivity index (χ4n) is 1.29. The van der Waals surface area contributed by atoms with Crippen LogP contribution in [0, 0.1) is 22.2 Å². The third-order valence-corrected chi connectivity index (χ3v) is 2.41. The summed E-state index contributed by atoms with van der Waals surface area (Å²) in [6.45, 7) is 9.58. The van der Waals surface area contributed by atoms with Crippen molar-refractivity contribution in [2.75, 3.05) is 0 Å². The summed E-state index contributed by atoms with van der Waals surface area (Å²) in [6, 6.07) is 2.18. The van der Waals surface area contributed by atoms with Crippen LogP contribution in [-0.2, 0) is 0 Å². The minimum Gasteiger partial charge on any atom is -0.391 e. The molecule has 2 nitrogen and oxygen atoms in total. The summed E-state index contributed by atoms with van der Waals surface area (Å²) in [7, 11) is 0. The Morgan fingerprint density at radius 2 is 1.75 bits per heavy atom. The van der Waals surface area contributed by atoms with Gasteiger partial charge in [-0.15, -0.1) is 0 Å². The minimum absolute atomic E-state index is 0.222. The predicted molar refractivity (Wildman–Crippen MR) is 49.5 cm³/mol. The maximum atomic E-state index is 9.88. The van der Waals surface area contributed by atoms with E-state index in [0.29, 0.717) is 6.42 Å². The first-order chi connectivity index (χ1) is 5.28. The van der Waals surface area contributed by atoms with Crippen LogP contribution >= 0.6 is 0 Å². The highest BCUT2D eigenvalue weighted by Gasteiger charge is 2.38. The van der Waals surface area contributed by atoms with Gasteiger partial charge in [0.05, 0.1) is 17.6 Å². The first-order valence-electron chi connectivity index (χ1n) is 4.37. The van der Waals surface area contributed by atoms with Crippen molar-refractivity contribution in [1.29, 1.82) is 5.26 Å². The van der Waals surface area contributed by atoms with Gasteiger partial charge in [0.25, 0.3) is 0 Å². The first kappa shape index (κ1) is 11.4. The summed E-state index contributed by atoms with van der Waals surface area (Å²) in [5, 5.41) is 18.8. The van der Waals surface area contributed by atoms with E-state index in [4.69, 9.17) is 5.26 Å². The lowest BCUT2D eigenvalue weighted by atomic mass is 9.71. The third kappa shape index (κ3) is 2.22. The Morgan fingerprint density at radius 1 is 1.33 bits per heavy atom. The number of nitrogens with zero attached hydrogens (tertiary/aromatic N) is 1. The van der Waals surface area contributed by atoms with Crippen LogP contribution in [0.1, 0.15) is 41.0 Å². The third-order valence-electron chi connectivity index (χ3n) is 2.41. The van der Waals surface area contributed by atoms with Gasteiger partial charge >= 0.3 is 0 Å². The highest BCUT2D eigenvalue weighted by molar-refractivity contribution is 5.03. The van der Waals surface area contributed by atoms with Crippen molar-refractivity contribution in [2.45, 2.75) is 47.1 Å². The largest absolute Gasteiger partial charge is 0.391 e. The lowest BCUT2D eigenvalue weighted by molar-refractivity contribution is -0.0153. The maximum Gasteiger partial charge on any atom is 0.0806 e. The fourth-order valence-corrected chi connectivity index (χ4v) is 1.29. The number of hydrogen-bond acceptors (Lipinski definition) is 2. The van der Waals surface area contributed by atoms with Crippen molar-refractivity contribution in [3.63, 3.8) is 0 Å². The summed E-state index contributed by atoms with van der Waals surface area (Å²) in [5.74, 6) is 0. The number of hydrogen-bond donors (Lipinski definition) is 1. The van der Waals surface area contributed by atoms with Crippen LogP contribution in [0.3, 0.4) is 0 Å². The molecule has 70 valence electrons. The van der Waals surface area contributed by atoms with E-state index in [-0.39, 0.29) is 5.41 Å². The average molecular weight is 169 g/mol. The van der Waals surface area contributed by atoms with Crippen LogP contribution in [0.4, 0.5) is 0 Å². The summed E-state index contributed by atoms with van der Waals surface area (Å²) in [5.41, 5.74) is -0.835. The van der Waals surface area contributed by atoms with Gasteiger partial charge in [0.1, 0.15) is 0 Å². The number of aliphatic hydroxyl groups is 1. The molecule has 0 amide bonds. The van der Waals surface area contributed by atoms with Crippen LogP contribution in [0.25, 0.3) is 0 Å². The molecule has 0 aliphatic rings. The van der Waals surface area contributed by atoms with Gasteiger partial charge < -0.3 is 5.11 Å². The zero-order valence-corrected chi connectivity index (χ0v) is 8.68. The van der Waals surface area contributed by atoms with Gasteiger partial charge in [-0.25, -0.2) is 0 Å². The lowest BCUT2D eigenvalue weighted by Gasteiger charge is -2.36. The molecule has 0 rings (SSSR count). The molecular formula is C10H19NO. The van der Waals surface area contributed by atoms with E-state index in [0.717, 1.165) is 0 Å². The molecule has 0 fully saturated rings. The quantitative estimate of drug-likeness (QED) is 0.689. The number of rotatable bonds is 2. The second kappa shape index (κ2) is 3.45. The Kier molecular flexibility index (Phi) is 3.29. The fraction of sp³-hybridized carbons (Fsp3) is 0.900. The number of nitriles is 1. The molecule has 0 aromatic rings. The molecule has 2 heteroatoms. The average Bonchev–Trinajstić information content (AvgIpc) is 2.00. The molecule has 0 aliphatic carbocycles. The normalized spacial score (nSPS) is 19.4. The van der Waals surface area contributed by atoms with Crippen molar-refractivity contribution < 1.29 is 5.11 Å². The van der Waals surface area contributed by atoms with Gasteiger partial charge in [-0.2, -0.15) is 5.26 Å². The van der Waals surface area contributed by atoms with Crippen LogP contribution in [0.15, 0.2) is 0 Å². The van der Waals surface area contributed by atoms with E-state index in [9.17, 15) is 5.11 Å². The molecule has 0 radical (unpaired) electrons. The highest BCUT2D eigenvalue weighted by Crippen LogP contribution is 2.35. The van der Waals surface area contributed by atoms with E-state index in [1.54, 1.807) is 0 Å². The van der Waals surface area contributed by atoms with E-state index < -0.39 is 11.5 Å². The van der Waals surface area contributed by atoms with E-state index in [2.05, 4.69) is 6.07 Å². The topological polar surface area (TPSA) is 44.0 Å². The van der Waals surface area contributed by atoms with Crippen LogP contribution in [0.5, 0.6) is 0 Å². The van der Waals surface area contributed by atoms with E-state index in [1.165, 1.54) is 0 Å². The lowest BCUT2D eigenvalue weighted by Crippen LogP contribution is -2.40. The molecule has 12 heavy (non-hydrogen) atoms. The van der Waals surface area contributed by atoms with E-state index >= 15 is 0 Å². The second-order valence-electron chi connectivity index (χ2n) is 4.65. The van der Waals surface area contributed by atoms with Crippen molar-refractivity contribution in [1.82, 2.24) is 0 Å². The Balaban J connectivity index is 4.68. The second-order valence-corrected chi connectivity index (χ2v) is 4.65. The van der Waals surface area contributed by atoms with Crippen molar-refractivity contribution in [2.24, 2.45) is 10.8 Å². The minimum atomic E-state index is -0.613. The molecule has 2 atom stereocenters. The Hall–Kier alpha value is -0.550. The van der Waals surface area contributed by atoms with Crippen molar-refractivity contribution in [3.05, 3.63) is 0 Å². The summed E-state index contributed by atoms with van der Waals surface area (Å²) in [6.07, 6.45) is 0.113. The van der Waals surface area contributed by atoms with Gasteiger partial charge in [-0.05, 0) is 18.8 Å². The van der Waals surface area contributed by atoms with Crippen LogP contribution in [-0.4, -0.2) is 11.2 Å². The predicted octanol–water partition coefficient (Wildman–Crippen LogP) is 2.33. The van der Waals surface area contributed by atoms with Crippen molar-refractivity contribution in [3.8, 4) is 6.07 Å². The van der Waals surface area contributed by atoms with Crippen LogP contribution < -0.4 is 0 Å². The van der Waals surface area contributed by atoms with Gasteiger partial charge in [0, 0.05) is 0 Å². The van der Waals surface area contributed by atoms with Gasteiger partial charge in [0.15, 0.2) is 0 Å². The zero-order chi connectivity index (χ0) is 9.99. The molecule has 0 bridgehead atoms. The Bertz CT molecular complexity index is 187. The smallest absolute Gasteiger partial charge is 0.0806 e. The molecule has 0 aromatic heterocycles. The van der Waals surface area contributed by atoms with Gasteiger partial charge in [-0.3, -0.25) is 0 Å². The number of aliphatic hydroxyl groups excluding tert-OH is 1. The molecule has 0 aromatic carbocycles. The molecule has 0 heterocycles. The summed E-state index contributed by atoms with van der Waals surface area (Å²) < 4.78 is 0. The van der Waals surface area contributed by atoms with Crippen molar-refractivity contribution >= 4 is 0 Å². The zero-order valence-electron chi connectivity index (χ0n) is 8.68. The van der Waals surface area contributed by atoms with Gasteiger partial charge in [-0.1, -0.05) is 27.7 Å².